The summed E-state index contributed by atoms with van der Waals surface area (Å²) in [6.45, 7) is 9.51. The maximum absolute atomic E-state index is 14.7. The highest BCUT2D eigenvalue weighted by Crippen LogP contribution is 2.48. The number of benzene rings is 1. The molecule has 14 nitrogen and oxygen atoms in total. The van der Waals surface area contributed by atoms with Crippen LogP contribution in [0.5, 0.6) is 0 Å². The van der Waals surface area contributed by atoms with Crippen LogP contribution in [0.15, 0.2) is 36.4 Å². The smallest absolute Gasteiger partial charge is 0.418 e. The number of carboxylic acid groups (broad SMARTS) is 1. The molecule has 0 aromatic heterocycles. The van der Waals surface area contributed by atoms with Gasteiger partial charge in [-0.1, -0.05) is 38.1 Å². The number of alkyl halides is 3. The van der Waals surface area contributed by atoms with E-state index in [0.29, 0.717) is 37.0 Å². The molecule has 0 unspecified atom stereocenters. The molecule has 3 fully saturated rings. The minimum absolute atomic E-state index is 0.000421. The number of halogens is 3. The fourth-order valence-corrected chi connectivity index (χ4v) is 8.84. The lowest BCUT2D eigenvalue weighted by atomic mass is 9.88. The minimum Gasteiger partial charge on any atom is -0.465 e. The van der Waals surface area contributed by atoms with E-state index >= 15 is 0 Å². The monoisotopic (exact) mass is 797 g/mol. The van der Waals surface area contributed by atoms with Crippen molar-refractivity contribution >= 4 is 45.6 Å². The number of ether oxygens (including phenoxy) is 1. The average molecular weight is 798 g/mol. The van der Waals surface area contributed by atoms with Gasteiger partial charge < -0.3 is 25.4 Å². The van der Waals surface area contributed by atoms with Crippen molar-refractivity contribution in [3.05, 3.63) is 42.0 Å². The van der Waals surface area contributed by atoms with Crippen LogP contribution in [0.2, 0.25) is 0 Å². The first-order valence-corrected chi connectivity index (χ1v) is 19.9. The second-order valence-electron chi connectivity index (χ2n) is 16.7. The van der Waals surface area contributed by atoms with E-state index in [1.165, 1.54) is 13.0 Å². The van der Waals surface area contributed by atoms with E-state index in [-0.39, 0.29) is 12.3 Å². The zero-order chi connectivity index (χ0) is 40.9. The standard InChI is InChI=1S/C37H50F3N5O9S/c1-21-11-7-8-12-23-19-36(23,31(48)43-55(52,53)35(6)15-16-35)42-29(46)27-18-24(45(33(50)51)26-14-10-9-13-25(26)37(38,39)40)20-44(27)30(47)28(22(2)17-21)41-32(49)54-34(3,4)5/h8-10,12-14,21-24,27-28H,7,11,15-20H2,1-6H3,(H,41,49)(H,42,46)(H,43,48)(H,50,51)/t21-,22-,23-,24-,27+,28+,36-/m1/s1. The van der Waals surface area contributed by atoms with Gasteiger partial charge in [0.05, 0.1) is 22.0 Å². The molecule has 304 valence electrons. The van der Waals surface area contributed by atoms with Crippen molar-refractivity contribution in [1.82, 2.24) is 20.3 Å². The zero-order valence-electron chi connectivity index (χ0n) is 31.7. The number of alkyl carbamates (subject to hydrolysis) is 1. The number of amides is 5. The number of fused-ring (bicyclic) bond motifs is 2. The number of sulfonamides is 1. The van der Waals surface area contributed by atoms with Crippen LogP contribution < -0.4 is 20.3 Å². The second kappa shape index (κ2) is 15.0. The maximum atomic E-state index is 14.7. The highest BCUT2D eigenvalue weighted by Gasteiger charge is 2.63. The molecule has 2 aliphatic carbocycles. The molecule has 7 atom stereocenters. The van der Waals surface area contributed by atoms with Crippen LogP contribution >= 0.6 is 0 Å². The molecule has 4 aliphatic rings. The van der Waals surface area contributed by atoms with E-state index in [1.807, 2.05) is 13.0 Å². The first-order valence-electron chi connectivity index (χ1n) is 18.4. The van der Waals surface area contributed by atoms with E-state index in [2.05, 4.69) is 15.4 Å². The molecule has 55 heavy (non-hydrogen) atoms. The molecule has 0 radical (unpaired) electrons. The number of para-hydroxylation sites is 1. The fraction of sp³-hybridized carbons (Fsp3) is 0.649. The molecular formula is C37H50F3N5O9S. The topological polar surface area (TPSA) is 192 Å². The number of rotatable bonds is 6. The number of anilines is 1. The average Bonchev–Trinajstić information content (AvgIpc) is 3.93. The van der Waals surface area contributed by atoms with Crippen molar-refractivity contribution in [3.8, 4) is 0 Å². The number of nitrogens with one attached hydrogen (secondary N) is 3. The summed E-state index contributed by atoms with van der Waals surface area (Å²) in [7, 11) is -4.13. The van der Waals surface area contributed by atoms with Gasteiger partial charge in [-0.2, -0.15) is 13.2 Å². The van der Waals surface area contributed by atoms with Crippen LogP contribution in [-0.4, -0.2) is 88.9 Å². The van der Waals surface area contributed by atoms with Gasteiger partial charge >= 0.3 is 18.4 Å². The lowest BCUT2D eigenvalue weighted by Gasteiger charge is -2.33. The Kier molecular flexibility index (Phi) is 11.4. The van der Waals surface area contributed by atoms with Crippen LogP contribution in [0.25, 0.3) is 0 Å². The van der Waals surface area contributed by atoms with Gasteiger partial charge in [0.25, 0.3) is 5.91 Å². The summed E-state index contributed by atoms with van der Waals surface area (Å²) in [5.74, 6) is -3.93. The van der Waals surface area contributed by atoms with Crippen molar-refractivity contribution in [3.63, 3.8) is 0 Å². The normalized spacial score (nSPS) is 29.7. The lowest BCUT2D eigenvalue weighted by Crippen LogP contribution is -2.59. The molecule has 4 N–H and O–H groups in total. The Balaban J connectivity index is 1.58. The Labute approximate surface area is 318 Å². The third-order valence-corrected chi connectivity index (χ3v) is 13.1. The van der Waals surface area contributed by atoms with Gasteiger partial charge in [0.2, 0.25) is 21.8 Å². The van der Waals surface area contributed by atoms with E-state index in [0.717, 1.165) is 23.1 Å². The number of allylic oxidation sites excluding steroid dienone is 1. The molecule has 18 heteroatoms. The van der Waals surface area contributed by atoms with Crippen LogP contribution in [0.3, 0.4) is 0 Å². The summed E-state index contributed by atoms with van der Waals surface area (Å²) in [6.07, 6.45) is -2.27. The first-order chi connectivity index (χ1) is 25.4. The minimum atomic E-state index is -4.96. The number of hydrogen-bond donors (Lipinski definition) is 4. The van der Waals surface area contributed by atoms with Gasteiger partial charge in [-0.25, -0.2) is 18.0 Å². The van der Waals surface area contributed by atoms with Gasteiger partial charge in [0, 0.05) is 12.5 Å². The molecule has 0 bridgehead atoms. The van der Waals surface area contributed by atoms with E-state index < -0.39 is 116 Å². The third-order valence-electron chi connectivity index (χ3n) is 11.0. The Morgan fingerprint density at radius 1 is 1.07 bits per heavy atom. The summed E-state index contributed by atoms with van der Waals surface area (Å²) in [4.78, 5) is 70.4. The van der Waals surface area contributed by atoms with Gasteiger partial charge in [-0.05, 0) is 96.6 Å². The third kappa shape index (κ3) is 9.04. The highest BCUT2D eigenvalue weighted by atomic mass is 32.2. The molecule has 1 aromatic carbocycles. The van der Waals surface area contributed by atoms with Crippen molar-refractivity contribution < 1.29 is 55.4 Å². The molecule has 1 aromatic rings. The van der Waals surface area contributed by atoms with E-state index in [1.54, 1.807) is 33.8 Å². The number of hydrogen-bond acceptors (Lipinski definition) is 8. The number of carbonyl (C=O) groups is 5. The van der Waals surface area contributed by atoms with E-state index in [4.69, 9.17) is 4.74 Å². The summed E-state index contributed by atoms with van der Waals surface area (Å²) >= 11 is 0. The second-order valence-corrected chi connectivity index (χ2v) is 18.9. The van der Waals surface area contributed by atoms with Crippen LogP contribution in [0.4, 0.5) is 28.4 Å². The van der Waals surface area contributed by atoms with Crippen molar-refractivity contribution in [1.29, 1.82) is 0 Å². The van der Waals surface area contributed by atoms with E-state index in [9.17, 15) is 50.7 Å². The molecular weight excluding hydrogens is 747 g/mol. The molecule has 5 rings (SSSR count). The van der Waals surface area contributed by atoms with Crippen LogP contribution in [0.1, 0.15) is 92.1 Å². The maximum Gasteiger partial charge on any atom is 0.418 e. The van der Waals surface area contributed by atoms with Crippen LogP contribution in [-0.2, 0) is 35.3 Å². The zero-order valence-corrected chi connectivity index (χ0v) is 32.6. The quantitative estimate of drug-likeness (QED) is 0.289. The molecule has 2 aliphatic heterocycles. The fourth-order valence-electron chi connectivity index (χ4n) is 7.53. The Bertz CT molecular complexity index is 1840. The molecule has 2 heterocycles. The predicted octanol–water partition coefficient (Wildman–Crippen LogP) is 4.94. The summed E-state index contributed by atoms with van der Waals surface area (Å²) in [6, 6.07) is -0.231. The van der Waals surface area contributed by atoms with Gasteiger partial charge in [-0.15, -0.1) is 0 Å². The largest absolute Gasteiger partial charge is 0.465 e. The predicted molar refractivity (Wildman–Crippen MR) is 194 cm³/mol. The summed E-state index contributed by atoms with van der Waals surface area (Å²) in [5.41, 5.74) is -4.67. The Hall–Kier alpha value is -4.35. The van der Waals surface area contributed by atoms with Gasteiger partial charge in [0.1, 0.15) is 23.2 Å². The van der Waals surface area contributed by atoms with Gasteiger partial charge in [0.15, 0.2) is 0 Å². The molecule has 1 saturated heterocycles. The first kappa shape index (κ1) is 41.8. The lowest BCUT2D eigenvalue weighted by molar-refractivity contribution is -0.142. The van der Waals surface area contributed by atoms with Crippen molar-refractivity contribution in [2.45, 2.75) is 127 Å². The summed E-state index contributed by atoms with van der Waals surface area (Å²) in [5, 5.41) is 15.7. The number of nitrogens with zero attached hydrogens (tertiary/aromatic N) is 2. The molecule has 0 spiro atoms. The van der Waals surface area contributed by atoms with Crippen LogP contribution in [0, 0.1) is 17.8 Å². The Morgan fingerprint density at radius 3 is 2.33 bits per heavy atom. The van der Waals surface area contributed by atoms with Crippen molar-refractivity contribution in [2.75, 3.05) is 11.4 Å². The Morgan fingerprint density at radius 2 is 1.73 bits per heavy atom. The van der Waals surface area contributed by atoms with Crippen molar-refractivity contribution in [2.24, 2.45) is 17.8 Å². The molecule has 5 amide bonds. The van der Waals surface area contributed by atoms with Gasteiger partial charge in [-0.3, -0.25) is 24.0 Å². The summed E-state index contributed by atoms with van der Waals surface area (Å²) < 4.78 is 75.2. The number of carbonyl (C=O) groups excluding carboxylic acids is 4. The SMILES string of the molecule is C[C@@H]1CCC=C[C@@H]2C[C@@]2(C(=O)NS(=O)(=O)C2(C)CC2)NC(=O)[C@@H]2C[C@@H](N(C(=O)O)c3ccccc3C(F)(F)F)CN2C(=O)[C@@H](NC(=O)OC(C)(C)C)[C@H](C)C1. The molecule has 2 saturated carbocycles. The highest BCUT2D eigenvalue weighted by molar-refractivity contribution is 7.91.